The summed E-state index contributed by atoms with van der Waals surface area (Å²) in [7, 11) is 0. The molecule has 0 saturated carbocycles. The molecule has 0 bridgehead atoms. The maximum atomic E-state index is 14.5. The highest BCUT2D eigenvalue weighted by molar-refractivity contribution is 5.84. The number of halogens is 8. The smallest absolute Gasteiger partial charge is 0.419 e. The van der Waals surface area contributed by atoms with E-state index in [-0.39, 0.29) is 11.8 Å². The van der Waals surface area contributed by atoms with Gasteiger partial charge in [0.2, 0.25) is 6.04 Å². The van der Waals surface area contributed by atoms with Gasteiger partial charge in [0, 0.05) is 6.42 Å². The van der Waals surface area contributed by atoms with Gasteiger partial charge in [0.05, 0.1) is 17.5 Å². The minimum absolute atomic E-state index is 0.166. The highest BCUT2D eigenvalue weighted by Gasteiger charge is 2.48. The average molecular weight is 547 g/mol. The molecule has 1 aromatic heterocycles. The molecule has 0 aliphatic carbocycles. The van der Waals surface area contributed by atoms with Crippen LogP contribution in [-0.2, 0) is 22.9 Å². The summed E-state index contributed by atoms with van der Waals surface area (Å²) in [4.78, 5) is 27.7. The highest BCUT2D eigenvalue weighted by Crippen LogP contribution is 2.37. The Balaban J connectivity index is 2.27. The van der Waals surface area contributed by atoms with Crippen LogP contribution in [0.15, 0.2) is 66.9 Å². The molecule has 0 saturated heterocycles. The van der Waals surface area contributed by atoms with Crippen LogP contribution in [0.1, 0.15) is 22.4 Å². The van der Waals surface area contributed by atoms with Crippen LogP contribution in [0.2, 0.25) is 0 Å². The Labute approximate surface area is 209 Å². The number of carbonyl (C=O) groups excluding carboxylic acids is 1. The molecule has 202 valence electrons. The lowest BCUT2D eigenvalue weighted by atomic mass is 9.79. The second kappa shape index (κ2) is 10.6. The molecule has 0 radical (unpaired) electrons. The molecule has 6 nitrogen and oxygen atoms in total. The Kier molecular flexibility index (Phi) is 7.93. The molecule has 0 aliphatic rings. The fourth-order valence-electron chi connectivity index (χ4n) is 3.70. The van der Waals surface area contributed by atoms with Crippen molar-refractivity contribution in [3.05, 3.63) is 101 Å². The lowest BCUT2D eigenvalue weighted by Crippen LogP contribution is -2.58. The maximum absolute atomic E-state index is 14.5. The molecule has 3 N–H and O–H groups in total. The van der Waals surface area contributed by atoms with Crippen molar-refractivity contribution < 1.29 is 49.8 Å². The van der Waals surface area contributed by atoms with Crippen molar-refractivity contribution in [3.63, 3.8) is 0 Å². The molecule has 0 aliphatic heterocycles. The zero-order valence-corrected chi connectivity index (χ0v) is 18.9. The van der Waals surface area contributed by atoms with Gasteiger partial charge in [-0.25, -0.2) is 18.4 Å². The van der Waals surface area contributed by atoms with Gasteiger partial charge in [0.15, 0.2) is 0 Å². The van der Waals surface area contributed by atoms with Crippen LogP contribution in [0.4, 0.5) is 39.9 Å². The van der Waals surface area contributed by atoms with Crippen LogP contribution in [0.25, 0.3) is 0 Å². The van der Waals surface area contributed by atoms with Crippen molar-refractivity contribution >= 4 is 12.0 Å². The molecule has 2 amide bonds. The van der Waals surface area contributed by atoms with Gasteiger partial charge in [-0.2, -0.15) is 26.3 Å². The zero-order chi connectivity index (χ0) is 28.3. The van der Waals surface area contributed by atoms with Crippen molar-refractivity contribution in [3.8, 4) is 0 Å². The van der Waals surface area contributed by atoms with Gasteiger partial charge >= 0.3 is 24.4 Å². The van der Waals surface area contributed by atoms with Gasteiger partial charge in [-0.3, -0.25) is 4.98 Å². The van der Waals surface area contributed by atoms with Gasteiger partial charge in [-0.1, -0.05) is 30.3 Å². The van der Waals surface area contributed by atoms with Crippen LogP contribution in [0.5, 0.6) is 0 Å². The Morgan fingerprint density at radius 1 is 0.868 bits per heavy atom. The first-order valence-corrected chi connectivity index (χ1v) is 10.5. The summed E-state index contributed by atoms with van der Waals surface area (Å²) < 4.78 is 108. The molecule has 38 heavy (non-hydrogen) atoms. The normalized spacial score (nSPS) is 14.3. The van der Waals surface area contributed by atoms with Crippen molar-refractivity contribution in [2.45, 2.75) is 30.4 Å². The van der Waals surface area contributed by atoms with E-state index in [1.54, 1.807) is 6.07 Å². The molecular formula is C24H17F8N3O3. The van der Waals surface area contributed by atoms with E-state index in [0.29, 0.717) is 23.9 Å². The number of carboxylic acids is 1. The summed E-state index contributed by atoms with van der Waals surface area (Å²) in [6.45, 7) is 0. The summed E-state index contributed by atoms with van der Waals surface area (Å²) in [6, 6.07) is 5.31. The number of nitrogens with one attached hydrogen (secondary N) is 2. The first-order valence-electron chi connectivity index (χ1n) is 10.5. The Hall–Kier alpha value is -4.23. The third-order valence-corrected chi connectivity index (χ3v) is 5.37. The van der Waals surface area contributed by atoms with E-state index < -0.39 is 65.1 Å². The zero-order valence-electron chi connectivity index (χ0n) is 18.9. The molecule has 3 rings (SSSR count). The average Bonchev–Trinajstić information content (AvgIpc) is 2.81. The molecule has 0 spiro atoms. The molecule has 2 aromatic carbocycles. The number of pyridine rings is 1. The highest BCUT2D eigenvalue weighted by atomic mass is 19.4. The van der Waals surface area contributed by atoms with Crippen LogP contribution < -0.4 is 10.6 Å². The number of urea groups is 1. The summed E-state index contributed by atoms with van der Waals surface area (Å²) in [5, 5.41) is 12.2. The number of aromatic nitrogens is 1. The summed E-state index contributed by atoms with van der Waals surface area (Å²) >= 11 is 0. The number of benzene rings is 2. The number of rotatable bonds is 7. The van der Waals surface area contributed by atoms with Gasteiger partial charge in [0.1, 0.15) is 17.2 Å². The Morgan fingerprint density at radius 3 is 2.03 bits per heavy atom. The van der Waals surface area contributed by atoms with E-state index in [2.05, 4.69) is 10.3 Å². The minimum Gasteiger partial charge on any atom is -0.479 e. The number of carbonyl (C=O) groups is 2. The second-order valence-electron chi connectivity index (χ2n) is 8.07. The van der Waals surface area contributed by atoms with Gasteiger partial charge < -0.3 is 15.7 Å². The summed E-state index contributed by atoms with van der Waals surface area (Å²) in [5.74, 6) is -4.77. The van der Waals surface area contributed by atoms with Crippen molar-refractivity contribution in [2.24, 2.45) is 0 Å². The van der Waals surface area contributed by atoms with E-state index in [1.807, 2.05) is 0 Å². The predicted molar refractivity (Wildman–Crippen MR) is 116 cm³/mol. The van der Waals surface area contributed by atoms with Crippen LogP contribution in [-0.4, -0.2) is 34.3 Å². The largest absolute Gasteiger partial charge is 0.479 e. The molecule has 0 fully saturated rings. The van der Waals surface area contributed by atoms with Gasteiger partial charge in [0.25, 0.3) is 0 Å². The van der Waals surface area contributed by atoms with E-state index in [0.717, 1.165) is 12.1 Å². The summed E-state index contributed by atoms with van der Waals surface area (Å²) in [5.41, 5.74) is -4.52. The van der Waals surface area contributed by atoms with E-state index in [1.165, 1.54) is 29.6 Å². The quantitative estimate of drug-likeness (QED) is 0.356. The minimum atomic E-state index is -5.44. The monoisotopic (exact) mass is 547 g/mol. The molecule has 14 heteroatoms. The lowest BCUT2D eigenvalue weighted by molar-refractivity contribution is -0.178. The number of hydrogen-bond acceptors (Lipinski definition) is 3. The number of alkyl halides is 6. The third-order valence-electron chi connectivity index (χ3n) is 5.37. The van der Waals surface area contributed by atoms with E-state index in [9.17, 15) is 44.7 Å². The van der Waals surface area contributed by atoms with Crippen molar-refractivity contribution in [1.82, 2.24) is 15.6 Å². The van der Waals surface area contributed by atoms with Crippen LogP contribution in [0, 0.1) is 11.6 Å². The van der Waals surface area contributed by atoms with Crippen LogP contribution >= 0.6 is 0 Å². The number of carboxylic acid groups (broad SMARTS) is 1. The molecular weight excluding hydrogens is 530 g/mol. The van der Waals surface area contributed by atoms with E-state index >= 15 is 0 Å². The maximum Gasteiger partial charge on any atom is 0.419 e. The first-order chi connectivity index (χ1) is 17.6. The molecule has 2 atom stereocenters. The first kappa shape index (κ1) is 28.3. The standard InChI is InChI=1S/C24H17F8N3O3/c25-16-6-7-18(33-12-16)22(11-13-4-2-1-3-5-13,14-8-15(23(27,28)29)10-17(26)9-14)35-21(38)34-19(20(36)37)24(30,31)32/h1-10,12,19H,11H2,(H,36,37)(H2,34,35,38)/t19?,22-/m0/s1. The summed E-state index contributed by atoms with van der Waals surface area (Å²) in [6.07, 6.45) is -10.4. The predicted octanol–water partition coefficient (Wildman–Crippen LogP) is 5.18. The number of aliphatic carboxylic acids is 1. The topological polar surface area (TPSA) is 91.3 Å². The Morgan fingerprint density at radius 2 is 1.50 bits per heavy atom. The fraction of sp³-hybridized carbons (Fsp3) is 0.208. The second-order valence-corrected chi connectivity index (χ2v) is 8.07. The van der Waals surface area contributed by atoms with Crippen molar-refractivity contribution in [1.29, 1.82) is 0 Å². The van der Waals surface area contributed by atoms with Crippen LogP contribution in [0.3, 0.4) is 0 Å². The molecule has 1 unspecified atom stereocenters. The van der Waals surface area contributed by atoms with Crippen molar-refractivity contribution in [2.75, 3.05) is 0 Å². The molecule has 3 aromatic rings. The fourth-order valence-corrected chi connectivity index (χ4v) is 3.70. The number of hydrogen-bond donors (Lipinski definition) is 3. The SMILES string of the molecule is O=C(NC(C(=O)O)C(F)(F)F)N[C@@](Cc1ccccc1)(c1cc(F)cc(C(F)(F)F)c1)c1ccc(F)cn1. The van der Waals surface area contributed by atoms with Gasteiger partial charge in [-0.05, 0) is 41.5 Å². The molecule has 1 heterocycles. The number of amides is 2. The third kappa shape index (κ3) is 6.55. The lowest BCUT2D eigenvalue weighted by Gasteiger charge is -2.36. The number of nitrogens with zero attached hydrogens (tertiary/aromatic N) is 1. The van der Waals surface area contributed by atoms with E-state index in [4.69, 9.17) is 5.11 Å². The Bertz CT molecular complexity index is 1300. The van der Waals surface area contributed by atoms with Gasteiger partial charge in [-0.15, -0.1) is 0 Å².